The summed E-state index contributed by atoms with van der Waals surface area (Å²) in [7, 11) is 0. The lowest BCUT2D eigenvalue weighted by Crippen LogP contribution is -2.43. The molecule has 0 atom stereocenters. The Morgan fingerprint density at radius 1 is 1.37 bits per heavy atom. The summed E-state index contributed by atoms with van der Waals surface area (Å²) < 4.78 is 0. The zero-order valence-electron chi connectivity index (χ0n) is 10.3. The van der Waals surface area contributed by atoms with E-state index in [9.17, 15) is 14.4 Å². The molecule has 0 aliphatic carbocycles. The fourth-order valence-corrected chi connectivity index (χ4v) is 1.97. The minimum absolute atomic E-state index is 0.157. The van der Waals surface area contributed by atoms with Crippen LogP contribution in [0, 0.1) is 5.92 Å². The summed E-state index contributed by atoms with van der Waals surface area (Å²) in [6, 6.07) is 2.40. The van der Waals surface area contributed by atoms with Gasteiger partial charge in [-0.3, -0.25) is 14.9 Å². The second-order valence-corrected chi connectivity index (χ2v) is 4.40. The van der Waals surface area contributed by atoms with Crippen molar-refractivity contribution in [1.29, 1.82) is 0 Å². The maximum Gasteiger partial charge on any atom is 0.323 e. The minimum Gasteiger partial charge on any atom is -0.369 e. The summed E-state index contributed by atoms with van der Waals surface area (Å²) in [6.07, 6.45) is 1.14. The van der Waals surface area contributed by atoms with Gasteiger partial charge in [0.2, 0.25) is 5.91 Å². The van der Waals surface area contributed by atoms with Crippen LogP contribution in [0.5, 0.6) is 0 Å². The Morgan fingerprint density at radius 3 is 2.58 bits per heavy atom. The van der Waals surface area contributed by atoms with E-state index in [0.29, 0.717) is 25.9 Å². The van der Waals surface area contributed by atoms with Crippen LogP contribution in [0.1, 0.15) is 12.8 Å². The van der Waals surface area contributed by atoms with Crippen LogP contribution in [0.3, 0.4) is 0 Å². The lowest BCUT2D eigenvalue weighted by atomic mass is 9.96. The highest BCUT2D eigenvalue weighted by molar-refractivity contribution is 5.88. The average Bonchev–Trinajstić information content (AvgIpc) is 2.41. The largest absolute Gasteiger partial charge is 0.369 e. The van der Waals surface area contributed by atoms with Crippen molar-refractivity contribution in [3.05, 3.63) is 22.5 Å². The number of rotatable bonds is 2. The molecule has 1 saturated heterocycles. The van der Waals surface area contributed by atoms with Gasteiger partial charge in [0.15, 0.2) is 5.82 Å². The molecule has 4 N–H and O–H groups in total. The zero-order chi connectivity index (χ0) is 13.8. The molecule has 102 valence electrons. The SMILES string of the molecule is NC(=O)C1CCN(C(=O)Nc2ccc(=O)[nH]n2)CC1. The Labute approximate surface area is 109 Å². The molecule has 0 radical (unpaired) electrons. The molecule has 1 aromatic rings. The van der Waals surface area contributed by atoms with Crippen LogP contribution in [0.2, 0.25) is 0 Å². The third kappa shape index (κ3) is 3.30. The highest BCUT2D eigenvalue weighted by Crippen LogP contribution is 2.17. The van der Waals surface area contributed by atoms with E-state index < -0.39 is 0 Å². The summed E-state index contributed by atoms with van der Waals surface area (Å²) >= 11 is 0. The van der Waals surface area contributed by atoms with Crippen LogP contribution in [-0.2, 0) is 4.79 Å². The number of carbonyl (C=O) groups is 2. The number of nitrogens with two attached hydrogens (primary N) is 1. The Hall–Kier alpha value is -2.38. The molecular weight excluding hydrogens is 250 g/mol. The van der Waals surface area contributed by atoms with Gasteiger partial charge in [-0.15, -0.1) is 0 Å². The van der Waals surface area contributed by atoms with Crippen LogP contribution in [0.25, 0.3) is 0 Å². The van der Waals surface area contributed by atoms with Crippen LogP contribution < -0.4 is 16.6 Å². The fourth-order valence-electron chi connectivity index (χ4n) is 1.97. The number of amides is 3. The van der Waals surface area contributed by atoms with Crippen molar-refractivity contribution in [2.45, 2.75) is 12.8 Å². The molecule has 0 bridgehead atoms. The molecule has 1 aliphatic heterocycles. The Morgan fingerprint density at radius 2 is 2.05 bits per heavy atom. The normalized spacial score (nSPS) is 16.1. The van der Waals surface area contributed by atoms with Gasteiger partial charge in [-0.2, -0.15) is 5.10 Å². The molecule has 0 aromatic carbocycles. The molecular formula is C11H15N5O3. The van der Waals surface area contributed by atoms with Crippen LogP contribution in [-0.4, -0.2) is 40.1 Å². The Bertz CT molecular complexity index is 513. The van der Waals surface area contributed by atoms with E-state index in [2.05, 4.69) is 15.5 Å². The van der Waals surface area contributed by atoms with Crippen molar-refractivity contribution in [2.24, 2.45) is 11.7 Å². The first-order chi connectivity index (χ1) is 9.06. The number of piperidine rings is 1. The molecule has 2 rings (SSSR count). The van der Waals surface area contributed by atoms with Crippen molar-refractivity contribution < 1.29 is 9.59 Å². The van der Waals surface area contributed by atoms with E-state index in [1.54, 1.807) is 4.90 Å². The molecule has 1 aliphatic rings. The van der Waals surface area contributed by atoms with Gasteiger partial charge in [0.25, 0.3) is 5.56 Å². The molecule has 19 heavy (non-hydrogen) atoms. The van der Waals surface area contributed by atoms with Crippen molar-refractivity contribution in [3.63, 3.8) is 0 Å². The van der Waals surface area contributed by atoms with Gasteiger partial charge in [0, 0.05) is 25.1 Å². The number of primary amides is 1. The molecule has 1 fully saturated rings. The number of anilines is 1. The number of aromatic nitrogens is 2. The van der Waals surface area contributed by atoms with E-state index >= 15 is 0 Å². The Balaban J connectivity index is 1.89. The molecule has 0 spiro atoms. The summed E-state index contributed by atoms with van der Waals surface area (Å²) in [6.45, 7) is 0.950. The quantitative estimate of drug-likeness (QED) is 0.667. The average molecular weight is 265 g/mol. The number of hydrogen-bond acceptors (Lipinski definition) is 4. The molecule has 2 heterocycles. The van der Waals surface area contributed by atoms with Crippen molar-refractivity contribution in [1.82, 2.24) is 15.1 Å². The number of H-pyrrole nitrogens is 1. The monoisotopic (exact) mass is 265 g/mol. The maximum atomic E-state index is 11.9. The summed E-state index contributed by atoms with van der Waals surface area (Å²) in [4.78, 5) is 35.3. The number of hydrogen-bond donors (Lipinski definition) is 3. The van der Waals surface area contributed by atoms with E-state index in [-0.39, 0.29) is 29.2 Å². The second kappa shape index (κ2) is 5.51. The smallest absolute Gasteiger partial charge is 0.323 e. The molecule has 8 heteroatoms. The van der Waals surface area contributed by atoms with E-state index in [1.165, 1.54) is 12.1 Å². The predicted molar refractivity (Wildman–Crippen MR) is 67.4 cm³/mol. The number of aromatic amines is 1. The third-order valence-electron chi connectivity index (χ3n) is 3.10. The van der Waals surface area contributed by atoms with Gasteiger partial charge in [0.05, 0.1) is 0 Å². The van der Waals surface area contributed by atoms with E-state index in [0.717, 1.165) is 0 Å². The van der Waals surface area contributed by atoms with Crippen molar-refractivity contribution in [2.75, 3.05) is 18.4 Å². The molecule has 1 aromatic heterocycles. The molecule has 0 unspecified atom stereocenters. The molecule has 0 saturated carbocycles. The predicted octanol–water partition coefficient (Wildman–Crippen LogP) is -0.501. The molecule has 3 amide bonds. The van der Waals surface area contributed by atoms with Gasteiger partial charge in [-0.05, 0) is 18.9 Å². The first-order valence-corrected chi connectivity index (χ1v) is 5.97. The fraction of sp³-hybridized carbons (Fsp3) is 0.455. The van der Waals surface area contributed by atoms with Crippen molar-refractivity contribution in [3.8, 4) is 0 Å². The van der Waals surface area contributed by atoms with Crippen LogP contribution >= 0.6 is 0 Å². The van der Waals surface area contributed by atoms with Crippen molar-refractivity contribution >= 4 is 17.8 Å². The number of nitrogens with one attached hydrogen (secondary N) is 2. The van der Waals surface area contributed by atoms with E-state index in [4.69, 9.17) is 5.73 Å². The highest BCUT2D eigenvalue weighted by atomic mass is 16.2. The lowest BCUT2D eigenvalue weighted by Gasteiger charge is -2.30. The second-order valence-electron chi connectivity index (χ2n) is 4.40. The van der Waals surface area contributed by atoms with Gasteiger partial charge in [-0.25, -0.2) is 9.89 Å². The highest BCUT2D eigenvalue weighted by Gasteiger charge is 2.25. The van der Waals surface area contributed by atoms with Crippen LogP contribution in [0.15, 0.2) is 16.9 Å². The first kappa shape index (κ1) is 13.1. The minimum atomic E-state index is -0.333. The zero-order valence-corrected chi connectivity index (χ0v) is 10.3. The molecule has 8 nitrogen and oxygen atoms in total. The number of urea groups is 1. The van der Waals surface area contributed by atoms with E-state index in [1.807, 2.05) is 0 Å². The lowest BCUT2D eigenvalue weighted by molar-refractivity contribution is -0.122. The van der Waals surface area contributed by atoms with Gasteiger partial charge >= 0.3 is 6.03 Å². The van der Waals surface area contributed by atoms with Gasteiger partial charge < -0.3 is 10.6 Å². The van der Waals surface area contributed by atoms with Crippen LogP contribution in [0.4, 0.5) is 10.6 Å². The third-order valence-corrected chi connectivity index (χ3v) is 3.10. The summed E-state index contributed by atoms with van der Waals surface area (Å²) in [5.41, 5.74) is 4.89. The number of nitrogens with zero attached hydrogens (tertiary/aromatic N) is 2. The number of likely N-dealkylation sites (tertiary alicyclic amines) is 1. The maximum absolute atomic E-state index is 11.9. The van der Waals surface area contributed by atoms with Gasteiger partial charge in [0.1, 0.15) is 0 Å². The summed E-state index contributed by atoms with van der Waals surface area (Å²) in [5, 5.41) is 8.49. The standard InChI is InChI=1S/C11H15N5O3/c12-10(18)7-3-5-16(6-4-7)11(19)13-8-1-2-9(17)15-14-8/h1-2,7H,3-6H2,(H2,12,18)(H,15,17)(H,13,14,19). The Kier molecular flexibility index (Phi) is 3.79. The summed E-state index contributed by atoms with van der Waals surface area (Å²) in [5.74, 6) is -0.195. The number of carbonyl (C=O) groups excluding carboxylic acids is 2. The van der Waals surface area contributed by atoms with Gasteiger partial charge in [-0.1, -0.05) is 0 Å². The first-order valence-electron chi connectivity index (χ1n) is 5.97. The topological polar surface area (TPSA) is 121 Å².